The van der Waals surface area contributed by atoms with Crippen molar-refractivity contribution in [1.82, 2.24) is 4.90 Å². The molecule has 1 saturated carbocycles. The van der Waals surface area contributed by atoms with Gasteiger partial charge in [-0.1, -0.05) is 6.42 Å². The van der Waals surface area contributed by atoms with Crippen molar-refractivity contribution >= 4 is 5.91 Å². The number of hydrogen-bond acceptors (Lipinski definition) is 2. The Balaban J connectivity index is 1.85. The summed E-state index contributed by atoms with van der Waals surface area (Å²) in [5, 5.41) is 0. The standard InChI is InChI=1S/C11H20N2O/c12-11(14)9-4-5-10(8-9)13-6-2-1-3-7-13/h9-10H,1-8H2,(H2,12,14). The van der Waals surface area contributed by atoms with Crippen LogP contribution in [0.25, 0.3) is 0 Å². The van der Waals surface area contributed by atoms with E-state index in [1.54, 1.807) is 0 Å². The molecule has 2 aliphatic rings. The average Bonchev–Trinajstić information content (AvgIpc) is 2.68. The first-order valence-electron chi connectivity index (χ1n) is 5.81. The Labute approximate surface area is 85.6 Å². The minimum atomic E-state index is -0.0930. The van der Waals surface area contributed by atoms with Crippen LogP contribution in [0, 0.1) is 5.92 Å². The Morgan fingerprint density at radius 1 is 1.14 bits per heavy atom. The molecule has 2 atom stereocenters. The number of carbonyl (C=O) groups is 1. The molecule has 0 aromatic rings. The van der Waals surface area contributed by atoms with Gasteiger partial charge in [-0.05, 0) is 45.2 Å². The number of hydrogen-bond donors (Lipinski definition) is 1. The van der Waals surface area contributed by atoms with Crippen LogP contribution in [0.1, 0.15) is 38.5 Å². The summed E-state index contributed by atoms with van der Waals surface area (Å²) in [5.74, 6) is 0.0615. The van der Waals surface area contributed by atoms with Crippen molar-refractivity contribution in [3.63, 3.8) is 0 Å². The monoisotopic (exact) mass is 196 g/mol. The lowest BCUT2D eigenvalue weighted by Crippen LogP contribution is -2.38. The SMILES string of the molecule is NC(=O)C1CCC(N2CCCCC2)C1. The second kappa shape index (κ2) is 4.30. The normalized spacial score (nSPS) is 34.6. The molecule has 2 fully saturated rings. The molecule has 0 radical (unpaired) electrons. The molecular formula is C11H20N2O. The highest BCUT2D eigenvalue weighted by Gasteiger charge is 2.32. The maximum atomic E-state index is 11.0. The molecule has 2 unspecified atom stereocenters. The summed E-state index contributed by atoms with van der Waals surface area (Å²) in [5.41, 5.74) is 5.33. The molecule has 1 saturated heterocycles. The van der Waals surface area contributed by atoms with Crippen molar-refractivity contribution < 1.29 is 4.79 Å². The third kappa shape index (κ3) is 2.08. The van der Waals surface area contributed by atoms with Crippen LogP contribution in [0.15, 0.2) is 0 Å². The zero-order valence-electron chi connectivity index (χ0n) is 8.74. The number of likely N-dealkylation sites (tertiary alicyclic amines) is 1. The lowest BCUT2D eigenvalue weighted by atomic mass is 10.1. The fourth-order valence-electron chi connectivity index (χ4n) is 2.83. The largest absolute Gasteiger partial charge is 0.369 e. The molecule has 3 nitrogen and oxygen atoms in total. The number of rotatable bonds is 2. The van der Waals surface area contributed by atoms with Crippen LogP contribution in [0.3, 0.4) is 0 Å². The highest BCUT2D eigenvalue weighted by atomic mass is 16.1. The fourth-order valence-corrected chi connectivity index (χ4v) is 2.83. The van der Waals surface area contributed by atoms with Gasteiger partial charge in [0, 0.05) is 12.0 Å². The maximum absolute atomic E-state index is 11.0. The van der Waals surface area contributed by atoms with Crippen molar-refractivity contribution in [2.75, 3.05) is 13.1 Å². The Hall–Kier alpha value is -0.570. The summed E-state index contributed by atoms with van der Waals surface area (Å²) >= 11 is 0. The minimum Gasteiger partial charge on any atom is -0.369 e. The van der Waals surface area contributed by atoms with E-state index in [-0.39, 0.29) is 11.8 Å². The summed E-state index contributed by atoms with van der Waals surface area (Å²) in [6.45, 7) is 2.46. The van der Waals surface area contributed by atoms with Gasteiger partial charge in [0.2, 0.25) is 5.91 Å². The van der Waals surface area contributed by atoms with Crippen LogP contribution in [-0.2, 0) is 4.79 Å². The molecule has 1 aliphatic heterocycles. The van der Waals surface area contributed by atoms with Gasteiger partial charge in [0.1, 0.15) is 0 Å². The van der Waals surface area contributed by atoms with E-state index in [2.05, 4.69) is 4.90 Å². The molecule has 0 spiro atoms. The van der Waals surface area contributed by atoms with Crippen LogP contribution in [0.5, 0.6) is 0 Å². The first-order chi connectivity index (χ1) is 6.77. The van der Waals surface area contributed by atoms with E-state index in [1.807, 2.05) is 0 Å². The van der Waals surface area contributed by atoms with Crippen LogP contribution < -0.4 is 5.73 Å². The molecule has 0 aromatic carbocycles. The Morgan fingerprint density at radius 2 is 1.86 bits per heavy atom. The van der Waals surface area contributed by atoms with E-state index in [0.717, 1.165) is 12.8 Å². The van der Waals surface area contributed by atoms with Gasteiger partial charge in [-0.3, -0.25) is 4.79 Å². The molecule has 14 heavy (non-hydrogen) atoms. The number of carbonyl (C=O) groups excluding carboxylic acids is 1. The Morgan fingerprint density at radius 3 is 2.43 bits per heavy atom. The van der Waals surface area contributed by atoms with Crippen LogP contribution in [0.4, 0.5) is 0 Å². The van der Waals surface area contributed by atoms with Gasteiger partial charge < -0.3 is 10.6 Å². The van der Waals surface area contributed by atoms with Crippen LogP contribution in [-0.4, -0.2) is 29.9 Å². The zero-order valence-corrected chi connectivity index (χ0v) is 8.74. The first kappa shape index (κ1) is 9.97. The quantitative estimate of drug-likeness (QED) is 0.719. The van der Waals surface area contributed by atoms with E-state index in [1.165, 1.54) is 38.8 Å². The van der Waals surface area contributed by atoms with E-state index < -0.39 is 0 Å². The highest BCUT2D eigenvalue weighted by molar-refractivity contribution is 5.76. The summed E-state index contributed by atoms with van der Waals surface area (Å²) in [4.78, 5) is 13.6. The third-order valence-corrected chi connectivity index (χ3v) is 3.71. The third-order valence-electron chi connectivity index (χ3n) is 3.71. The molecule has 1 amide bonds. The molecule has 0 bridgehead atoms. The van der Waals surface area contributed by atoms with Gasteiger partial charge in [0.05, 0.1) is 0 Å². The molecule has 1 heterocycles. The molecule has 80 valence electrons. The molecule has 2 rings (SSSR count). The van der Waals surface area contributed by atoms with E-state index >= 15 is 0 Å². The van der Waals surface area contributed by atoms with Gasteiger partial charge in [0.15, 0.2) is 0 Å². The highest BCUT2D eigenvalue weighted by Crippen LogP contribution is 2.30. The summed E-state index contributed by atoms with van der Waals surface area (Å²) in [6.07, 6.45) is 7.23. The van der Waals surface area contributed by atoms with Gasteiger partial charge in [-0.15, -0.1) is 0 Å². The van der Waals surface area contributed by atoms with Crippen LogP contribution >= 0.6 is 0 Å². The predicted molar refractivity (Wildman–Crippen MR) is 55.7 cm³/mol. The topological polar surface area (TPSA) is 46.3 Å². The first-order valence-corrected chi connectivity index (χ1v) is 5.81. The number of nitrogens with two attached hydrogens (primary N) is 1. The molecule has 1 aliphatic carbocycles. The average molecular weight is 196 g/mol. The van der Waals surface area contributed by atoms with Crippen LogP contribution in [0.2, 0.25) is 0 Å². The van der Waals surface area contributed by atoms with Crippen molar-refractivity contribution in [3.8, 4) is 0 Å². The van der Waals surface area contributed by atoms with Gasteiger partial charge in [-0.25, -0.2) is 0 Å². The van der Waals surface area contributed by atoms with Crippen molar-refractivity contribution in [2.45, 2.75) is 44.6 Å². The number of primary amides is 1. The zero-order chi connectivity index (χ0) is 9.97. The lowest BCUT2D eigenvalue weighted by molar-refractivity contribution is -0.121. The predicted octanol–water partition coefficient (Wildman–Crippen LogP) is 1.13. The van der Waals surface area contributed by atoms with Gasteiger partial charge in [0.25, 0.3) is 0 Å². The maximum Gasteiger partial charge on any atom is 0.220 e. The van der Waals surface area contributed by atoms with Gasteiger partial charge in [-0.2, -0.15) is 0 Å². The molecule has 3 heteroatoms. The Kier molecular flexibility index (Phi) is 3.06. The summed E-state index contributed by atoms with van der Waals surface area (Å²) in [6, 6.07) is 0.646. The Bertz CT molecular complexity index is 211. The second-order valence-electron chi connectivity index (χ2n) is 4.66. The summed E-state index contributed by atoms with van der Waals surface area (Å²) < 4.78 is 0. The lowest BCUT2D eigenvalue weighted by Gasteiger charge is -2.32. The smallest absolute Gasteiger partial charge is 0.220 e. The van der Waals surface area contributed by atoms with E-state index in [4.69, 9.17) is 5.73 Å². The number of amides is 1. The fraction of sp³-hybridized carbons (Fsp3) is 0.909. The van der Waals surface area contributed by atoms with Crippen molar-refractivity contribution in [1.29, 1.82) is 0 Å². The van der Waals surface area contributed by atoms with E-state index in [0.29, 0.717) is 6.04 Å². The van der Waals surface area contributed by atoms with Crippen molar-refractivity contribution in [2.24, 2.45) is 11.7 Å². The van der Waals surface area contributed by atoms with E-state index in [9.17, 15) is 4.79 Å². The number of piperidine rings is 1. The van der Waals surface area contributed by atoms with Crippen molar-refractivity contribution in [3.05, 3.63) is 0 Å². The molecule has 0 aromatic heterocycles. The van der Waals surface area contributed by atoms with Gasteiger partial charge >= 0.3 is 0 Å². The number of nitrogens with zero attached hydrogens (tertiary/aromatic N) is 1. The summed E-state index contributed by atoms with van der Waals surface area (Å²) in [7, 11) is 0. The molecule has 2 N–H and O–H groups in total. The minimum absolute atomic E-state index is 0.0930. The molecular weight excluding hydrogens is 176 g/mol. The second-order valence-corrected chi connectivity index (χ2v) is 4.66.